The van der Waals surface area contributed by atoms with E-state index in [2.05, 4.69) is 15.6 Å². The van der Waals surface area contributed by atoms with Crippen LogP contribution < -0.4 is 10.6 Å². The second kappa shape index (κ2) is 11.7. The van der Waals surface area contributed by atoms with Crippen molar-refractivity contribution in [3.05, 3.63) is 0 Å². The minimum atomic E-state index is -5.32. The monoisotopic (exact) mass is 569 g/mol. The number of guanidine groups is 1. The molecule has 1 saturated heterocycles. The summed E-state index contributed by atoms with van der Waals surface area (Å²) >= 11 is 0. The van der Waals surface area contributed by atoms with Gasteiger partial charge in [0.1, 0.15) is 0 Å². The molecule has 0 saturated carbocycles. The highest BCUT2D eigenvalue weighted by Gasteiger charge is 2.50. The lowest BCUT2D eigenvalue weighted by Crippen LogP contribution is -2.51. The van der Waals surface area contributed by atoms with Gasteiger partial charge >= 0.3 is 21.7 Å². The fraction of sp³-hybridized carbons (Fsp3) is 0.929. The van der Waals surface area contributed by atoms with Crippen LogP contribution in [0.3, 0.4) is 0 Å². The number of piperidine rings is 1. The fourth-order valence-corrected chi connectivity index (χ4v) is 3.70. The molecular formula is C14H26F6IN5O2S. The molecule has 15 heteroatoms. The van der Waals surface area contributed by atoms with Crippen molar-refractivity contribution in [2.24, 2.45) is 4.99 Å². The molecule has 0 radical (unpaired) electrons. The van der Waals surface area contributed by atoms with E-state index in [1.807, 2.05) is 0 Å². The smallest absolute Gasteiger partial charge is 0.356 e. The minimum absolute atomic E-state index is 0. The van der Waals surface area contributed by atoms with Crippen LogP contribution >= 0.6 is 24.0 Å². The van der Waals surface area contributed by atoms with Crippen LogP contribution in [0.5, 0.6) is 0 Å². The van der Waals surface area contributed by atoms with Crippen LogP contribution in [0.25, 0.3) is 0 Å². The molecule has 0 aromatic heterocycles. The molecule has 0 aromatic carbocycles. The molecule has 29 heavy (non-hydrogen) atoms. The first-order chi connectivity index (χ1) is 12.8. The number of hydrogen-bond acceptors (Lipinski definition) is 4. The first-order valence-corrected chi connectivity index (χ1v) is 9.99. The Labute approximate surface area is 183 Å². The highest BCUT2D eigenvalue weighted by Crippen LogP contribution is 2.28. The second-order valence-electron chi connectivity index (χ2n) is 6.47. The maximum absolute atomic E-state index is 12.6. The number of nitrogens with zero attached hydrogens (tertiary/aromatic N) is 3. The Morgan fingerprint density at radius 3 is 2.17 bits per heavy atom. The number of halogens is 7. The Morgan fingerprint density at radius 1 is 1.17 bits per heavy atom. The molecule has 0 unspecified atom stereocenters. The first-order valence-electron chi connectivity index (χ1n) is 8.55. The van der Waals surface area contributed by atoms with E-state index in [-0.39, 0.29) is 62.5 Å². The van der Waals surface area contributed by atoms with Gasteiger partial charge in [0.05, 0.1) is 6.54 Å². The highest BCUT2D eigenvalue weighted by molar-refractivity contribution is 14.0. The summed E-state index contributed by atoms with van der Waals surface area (Å²) < 4.78 is 97.6. The van der Waals surface area contributed by atoms with Crippen molar-refractivity contribution in [3.8, 4) is 0 Å². The van der Waals surface area contributed by atoms with Crippen molar-refractivity contribution in [1.29, 1.82) is 0 Å². The molecule has 1 heterocycles. The van der Waals surface area contributed by atoms with Gasteiger partial charge in [0.25, 0.3) is 0 Å². The quantitative estimate of drug-likeness (QED) is 0.161. The third-order valence-corrected chi connectivity index (χ3v) is 5.74. The lowest BCUT2D eigenvalue weighted by molar-refractivity contribution is -0.143. The third-order valence-electron chi connectivity index (χ3n) is 4.11. The van der Waals surface area contributed by atoms with Crippen LogP contribution in [0, 0.1) is 0 Å². The van der Waals surface area contributed by atoms with E-state index in [1.54, 1.807) is 0 Å². The number of rotatable bonds is 7. The summed E-state index contributed by atoms with van der Waals surface area (Å²) in [5, 5.41) is 5.91. The molecule has 174 valence electrons. The zero-order valence-corrected chi connectivity index (χ0v) is 19.1. The van der Waals surface area contributed by atoms with Crippen LogP contribution in [0.2, 0.25) is 0 Å². The van der Waals surface area contributed by atoms with Gasteiger partial charge in [-0.2, -0.15) is 30.6 Å². The first kappa shape index (κ1) is 28.5. The van der Waals surface area contributed by atoms with Gasteiger partial charge in [-0.1, -0.05) is 0 Å². The van der Waals surface area contributed by atoms with Crippen LogP contribution in [-0.2, 0) is 10.0 Å². The Balaban J connectivity index is 0.00000784. The molecule has 0 spiro atoms. The van der Waals surface area contributed by atoms with E-state index in [0.29, 0.717) is 23.2 Å². The number of aliphatic imine (C=N–C) groups is 1. The Morgan fingerprint density at radius 2 is 1.72 bits per heavy atom. The highest BCUT2D eigenvalue weighted by atomic mass is 127. The lowest BCUT2D eigenvalue weighted by atomic mass is 10.1. The summed E-state index contributed by atoms with van der Waals surface area (Å²) in [7, 11) is -2.48. The molecule has 7 nitrogen and oxygen atoms in total. The minimum Gasteiger partial charge on any atom is -0.356 e. The normalized spacial score (nSPS) is 17.9. The van der Waals surface area contributed by atoms with E-state index >= 15 is 0 Å². The van der Waals surface area contributed by atoms with Crippen molar-refractivity contribution in [2.45, 2.75) is 37.0 Å². The largest absolute Gasteiger partial charge is 0.511 e. The van der Waals surface area contributed by atoms with Crippen molar-refractivity contribution >= 4 is 40.0 Å². The predicted octanol–water partition coefficient (Wildman–Crippen LogP) is 1.97. The summed E-state index contributed by atoms with van der Waals surface area (Å²) in [6.07, 6.45) is -3.49. The molecule has 0 aromatic rings. The average molecular weight is 569 g/mol. The van der Waals surface area contributed by atoms with Gasteiger partial charge in [-0.15, -0.1) is 24.0 Å². The van der Waals surface area contributed by atoms with Crippen molar-refractivity contribution in [2.75, 3.05) is 46.8 Å². The molecule has 1 aliphatic heterocycles. The van der Waals surface area contributed by atoms with Crippen molar-refractivity contribution in [3.63, 3.8) is 0 Å². The number of nitrogens with one attached hydrogen (secondary N) is 2. The van der Waals surface area contributed by atoms with Crippen LogP contribution in [0.1, 0.15) is 19.3 Å². The van der Waals surface area contributed by atoms with Gasteiger partial charge < -0.3 is 10.6 Å². The zero-order chi connectivity index (χ0) is 21.6. The Bertz CT molecular complexity index is 621. The van der Waals surface area contributed by atoms with Gasteiger partial charge in [-0.3, -0.25) is 9.89 Å². The van der Waals surface area contributed by atoms with Crippen LogP contribution in [-0.4, -0.2) is 88.1 Å². The van der Waals surface area contributed by atoms with Crippen molar-refractivity contribution < 1.29 is 34.8 Å². The third kappa shape index (κ3) is 9.87. The van der Waals surface area contributed by atoms with Crippen molar-refractivity contribution in [1.82, 2.24) is 19.8 Å². The Kier molecular flexibility index (Phi) is 11.5. The number of sulfonamides is 1. The summed E-state index contributed by atoms with van der Waals surface area (Å²) in [4.78, 5) is 5.10. The topological polar surface area (TPSA) is 77.0 Å². The van der Waals surface area contributed by atoms with Gasteiger partial charge in [-0.25, -0.2) is 8.42 Å². The molecule has 0 aliphatic carbocycles. The van der Waals surface area contributed by atoms with Gasteiger partial charge in [-0.05, 0) is 32.9 Å². The maximum Gasteiger partial charge on any atom is 0.511 e. The molecule has 1 fully saturated rings. The summed E-state index contributed by atoms with van der Waals surface area (Å²) in [6.45, 7) is -0.961. The molecule has 0 bridgehead atoms. The van der Waals surface area contributed by atoms with E-state index in [0.717, 1.165) is 4.90 Å². The molecule has 1 rings (SSSR count). The lowest BCUT2D eigenvalue weighted by Gasteiger charge is -2.32. The van der Waals surface area contributed by atoms with E-state index in [1.165, 1.54) is 14.1 Å². The molecule has 0 atom stereocenters. The summed E-state index contributed by atoms with van der Waals surface area (Å²) in [5.41, 5.74) is -5.32. The van der Waals surface area contributed by atoms with E-state index in [9.17, 15) is 34.8 Å². The van der Waals surface area contributed by atoms with Crippen LogP contribution in [0.4, 0.5) is 26.3 Å². The molecular weight excluding hydrogens is 543 g/mol. The van der Waals surface area contributed by atoms with E-state index < -0.39 is 28.3 Å². The van der Waals surface area contributed by atoms with Gasteiger partial charge in [0.15, 0.2) is 5.96 Å². The second-order valence-corrected chi connectivity index (χ2v) is 8.40. The Hall–Kier alpha value is -0.550. The van der Waals surface area contributed by atoms with Gasteiger partial charge in [0.2, 0.25) is 0 Å². The summed E-state index contributed by atoms with van der Waals surface area (Å²) in [5.74, 6) is 0.357. The fourth-order valence-electron chi connectivity index (χ4n) is 2.72. The molecule has 0 amide bonds. The summed E-state index contributed by atoms with van der Waals surface area (Å²) in [6, 6.07) is -0.265. The number of alkyl halides is 6. The zero-order valence-electron chi connectivity index (χ0n) is 16.0. The van der Waals surface area contributed by atoms with Gasteiger partial charge in [0, 0.05) is 32.7 Å². The average Bonchev–Trinajstić information content (AvgIpc) is 2.55. The SMILES string of the molecule is CN=C(NCCCN(C)CC(F)(F)F)NC1CCN(S(=O)(=O)C(F)(F)F)CC1.I. The van der Waals surface area contributed by atoms with E-state index in [4.69, 9.17) is 0 Å². The molecule has 1 aliphatic rings. The van der Waals surface area contributed by atoms with Crippen LogP contribution in [0.15, 0.2) is 4.99 Å². The number of hydrogen-bond donors (Lipinski definition) is 2. The predicted molar refractivity (Wildman–Crippen MR) is 108 cm³/mol. The maximum atomic E-state index is 12.6. The molecule has 2 N–H and O–H groups in total. The standard InChI is InChI=1S/C14H25F6N5O2S.HI/c1-21-12(22-6-3-7-24(2)10-13(15,16)17)23-11-4-8-25(9-5-11)28(26,27)14(18,19)20;/h11H,3-10H2,1-2H3,(H2,21,22,23);1H.